The zero-order valence-corrected chi connectivity index (χ0v) is 5.36. The van der Waals surface area contributed by atoms with E-state index in [1.807, 2.05) is 0 Å². The van der Waals surface area contributed by atoms with Gasteiger partial charge in [-0.05, 0) is 23.4 Å². The monoisotopic (exact) mass is 258 g/mol. The maximum atomic E-state index is 5.21. The molecule has 1 fully saturated rings. The van der Waals surface area contributed by atoms with Crippen molar-refractivity contribution < 1.29 is 4.43 Å². The third-order valence-electron chi connectivity index (χ3n) is 1.08. The molecule has 0 bridgehead atoms. The van der Waals surface area contributed by atoms with E-state index in [1.165, 1.54) is 18.9 Å². The summed E-state index contributed by atoms with van der Waals surface area (Å²) >= 11 is 0. The normalized spacial score (nSPS) is 21.0. The van der Waals surface area contributed by atoms with E-state index in [9.17, 15) is 0 Å². The van der Waals surface area contributed by atoms with Crippen LogP contribution in [0.5, 0.6) is 0 Å². The Morgan fingerprint density at radius 2 is 2.00 bits per heavy atom. The molecule has 1 saturated heterocycles. The van der Waals surface area contributed by atoms with Gasteiger partial charge in [0.15, 0.2) is 9.76 Å². The Hall–Kier alpha value is 1.19. The van der Waals surface area contributed by atoms with Crippen LogP contribution in [0.25, 0.3) is 0 Å². The molecule has 8 heavy (non-hydrogen) atoms. The molecule has 4 heteroatoms. The molecule has 0 radical (unpaired) electrons. The second-order valence-electron chi connectivity index (χ2n) is 1.67. The molecule has 52 valence electrons. The fourth-order valence-electron chi connectivity index (χ4n) is 0.687. The van der Waals surface area contributed by atoms with Gasteiger partial charge < -0.3 is 4.43 Å². The summed E-state index contributed by atoms with van der Waals surface area (Å²) in [4.78, 5) is 0. The molecule has 1 aliphatic heterocycles. The fourth-order valence-corrected chi connectivity index (χ4v) is 1.86. The van der Waals surface area contributed by atoms with Crippen molar-refractivity contribution >= 4 is 44.6 Å². The Morgan fingerprint density at radius 3 is 2.12 bits per heavy atom. The summed E-state index contributed by atoms with van der Waals surface area (Å²) in [6.45, 7) is 1.06. The average molecular weight is 257 g/mol. The van der Waals surface area contributed by atoms with Gasteiger partial charge in [-0.1, -0.05) is 6.42 Å². The summed E-state index contributed by atoms with van der Waals surface area (Å²) in [6, 6.07) is 1.42. The predicted octanol–water partition coefficient (Wildman–Crippen LogP) is -2.60. The number of rotatable bonds is 0. The van der Waals surface area contributed by atoms with Crippen LogP contribution in [0.3, 0.4) is 0 Å². The standard InChI is InChI=1S/C4H10OSi.H4Si.Sn.4H/c1-2-4-6-5-3-1;;;;;;/h1-4,6H2;1H4;;;;;. The van der Waals surface area contributed by atoms with Gasteiger partial charge in [-0.3, -0.25) is 0 Å². The minimum atomic E-state index is 0. The van der Waals surface area contributed by atoms with E-state index in [4.69, 9.17) is 4.43 Å². The van der Waals surface area contributed by atoms with Crippen LogP contribution in [0.1, 0.15) is 12.8 Å². The van der Waals surface area contributed by atoms with Gasteiger partial charge in [-0.25, -0.2) is 0 Å². The molecule has 0 aromatic rings. The molecular formula is C4H18OSi2Sn. The second kappa shape index (κ2) is 8.19. The van der Waals surface area contributed by atoms with Crippen LogP contribution in [0, 0.1) is 0 Å². The first-order valence-electron chi connectivity index (χ1n) is 2.58. The van der Waals surface area contributed by atoms with Crippen molar-refractivity contribution in [1.29, 1.82) is 0 Å². The van der Waals surface area contributed by atoms with Crippen LogP contribution in [0.15, 0.2) is 0 Å². The zero-order chi connectivity index (χ0) is 4.24. The van der Waals surface area contributed by atoms with Crippen LogP contribution in [0.2, 0.25) is 6.04 Å². The predicted molar refractivity (Wildman–Crippen MR) is 51.2 cm³/mol. The van der Waals surface area contributed by atoms with Crippen molar-refractivity contribution in [2.45, 2.75) is 18.9 Å². The van der Waals surface area contributed by atoms with Crippen molar-refractivity contribution in [2.75, 3.05) is 6.61 Å². The molecule has 0 aromatic carbocycles. The van der Waals surface area contributed by atoms with Gasteiger partial charge in [0.1, 0.15) is 0 Å². The molecule has 1 heterocycles. The van der Waals surface area contributed by atoms with Gasteiger partial charge in [0, 0.05) is 6.61 Å². The second-order valence-corrected chi connectivity index (χ2v) is 3.20. The van der Waals surface area contributed by atoms with Crippen molar-refractivity contribution in [2.24, 2.45) is 0 Å². The summed E-state index contributed by atoms with van der Waals surface area (Å²) in [7, 11) is 0.00849. The first-order valence-corrected chi connectivity index (χ1v) is 4.15. The fraction of sp³-hybridized carbons (Fsp3) is 1.00. The Labute approximate surface area is 74.5 Å². The molecule has 0 N–H and O–H groups in total. The van der Waals surface area contributed by atoms with Crippen LogP contribution in [-0.4, -0.2) is 51.2 Å². The Morgan fingerprint density at radius 1 is 1.25 bits per heavy atom. The van der Waals surface area contributed by atoms with E-state index >= 15 is 0 Å². The first-order chi connectivity index (χ1) is 3.00. The van der Waals surface area contributed by atoms with Crippen LogP contribution < -0.4 is 0 Å². The van der Waals surface area contributed by atoms with Gasteiger partial charge in [0.05, 0.1) is 0 Å². The quantitative estimate of drug-likeness (QED) is 0.432. The van der Waals surface area contributed by atoms with Crippen LogP contribution in [-0.2, 0) is 4.43 Å². The van der Waals surface area contributed by atoms with E-state index in [-0.39, 0.29) is 44.6 Å². The summed E-state index contributed by atoms with van der Waals surface area (Å²) in [5, 5.41) is 0. The number of hydrogen-bond acceptors (Lipinski definition) is 1. The molecule has 1 aliphatic rings. The van der Waals surface area contributed by atoms with E-state index < -0.39 is 0 Å². The van der Waals surface area contributed by atoms with Crippen molar-refractivity contribution in [3.05, 3.63) is 0 Å². The van der Waals surface area contributed by atoms with Gasteiger partial charge >= 0.3 is 23.9 Å². The zero-order valence-electron chi connectivity index (χ0n) is 3.94. The van der Waals surface area contributed by atoms with Crippen molar-refractivity contribution in [3.8, 4) is 0 Å². The SMILES string of the molecule is C1CC[SiH2]OC1.[SiH4].[SnH4]. The Balaban J connectivity index is 0. The molecule has 0 atom stereocenters. The van der Waals surface area contributed by atoms with E-state index in [2.05, 4.69) is 0 Å². The molecule has 0 amide bonds. The third kappa shape index (κ3) is 5.33. The molecule has 1 rings (SSSR count). The summed E-state index contributed by atoms with van der Waals surface area (Å²) in [6.07, 6.45) is 2.75. The topological polar surface area (TPSA) is 9.23 Å². The van der Waals surface area contributed by atoms with Gasteiger partial charge in [-0.2, -0.15) is 0 Å². The van der Waals surface area contributed by atoms with Crippen molar-refractivity contribution in [3.63, 3.8) is 0 Å². The summed E-state index contributed by atoms with van der Waals surface area (Å²) in [5.41, 5.74) is 0. The van der Waals surface area contributed by atoms with E-state index in [1.54, 1.807) is 0 Å². The van der Waals surface area contributed by atoms with Crippen molar-refractivity contribution in [1.82, 2.24) is 0 Å². The number of hydrogen-bond donors (Lipinski definition) is 0. The first kappa shape index (κ1) is 11.9. The van der Waals surface area contributed by atoms with Gasteiger partial charge in [0.25, 0.3) is 0 Å². The third-order valence-corrected chi connectivity index (χ3v) is 2.44. The molecule has 0 aliphatic carbocycles. The van der Waals surface area contributed by atoms with Crippen LogP contribution >= 0.6 is 0 Å². The Bertz CT molecular complexity index is 29.5. The van der Waals surface area contributed by atoms with Gasteiger partial charge in [-0.15, -0.1) is 0 Å². The van der Waals surface area contributed by atoms with Gasteiger partial charge in [0.2, 0.25) is 0 Å². The molecule has 1 nitrogen and oxygen atoms in total. The molecule has 0 saturated carbocycles. The van der Waals surface area contributed by atoms with E-state index in [0.29, 0.717) is 0 Å². The van der Waals surface area contributed by atoms with Crippen LogP contribution in [0.4, 0.5) is 0 Å². The summed E-state index contributed by atoms with van der Waals surface area (Å²) in [5.74, 6) is 0. The molecule has 0 unspecified atom stereocenters. The minimum absolute atomic E-state index is 0. The molecule has 0 aromatic heterocycles. The maximum absolute atomic E-state index is 5.21. The molecule has 0 spiro atoms. The molecular weight excluding hydrogens is 239 g/mol. The van der Waals surface area contributed by atoms with E-state index in [0.717, 1.165) is 6.61 Å². The Kier molecular flexibility index (Phi) is 12.2. The summed E-state index contributed by atoms with van der Waals surface area (Å²) < 4.78 is 5.21. The average Bonchev–Trinajstić information content (AvgIpc) is 1.72.